The van der Waals surface area contributed by atoms with Crippen molar-refractivity contribution in [2.45, 2.75) is 77.7 Å². The summed E-state index contributed by atoms with van der Waals surface area (Å²) in [7, 11) is 0. The van der Waals surface area contributed by atoms with Crippen LogP contribution in [0.4, 0.5) is 0 Å². The fraction of sp³-hybridized carbons (Fsp3) is 1.00. The highest BCUT2D eigenvalue weighted by Crippen LogP contribution is 2.39. The van der Waals surface area contributed by atoms with Gasteiger partial charge in [-0.05, 0) is 50.0 Å². The Morgan fingerprint density at radius 2 is 1.59 bits per heavy atom. The quantitative estimate of drug-likeness (QED) is 0.719. The van der Waals surface area contributed by atoms with Crippen molar-refractivity contribution < 1.29 is 0 Å². The monoisotopic (exact) mass is 237 g/mol. The van der Waals surface area contributed by atoms with Gasteiger partial charge in [0.15, 0.2) is 0 Å². The third-order valence-electron chi connectivity index (χ3n) is 5.18. The fourth-order valence-electron chi connectivity index (χ4n) is 4.06. The molecule has 2 aliphatic carbocycles. The minimum absolute atomic E-state index is 0.826. The third kappa shape index (κ3) is 3.98. The lowest BCUT2D eigenvalue weighted by molar-refractivity contribution is 0.187. The summed E-state index contributed by atoms with van der Waals surface area (Å²) in [6, 6.07) is 0.826. The van der Waals surface area contributed by atoms with E-state index in [1.807, 2.05) is 0 Å². The predicted molar refractivity (Wildman–Crippen MR) is 75.2 cm³/mol. The van der Waals surface area contributed by atoms with E-state index in [1.165, 1.54) is 57.8 Å². The van der Waals surface area contributed by atoms with Gasteiger partial charge >= 0.3 is 0 Å². The lowest BCUT2D eigenvalue weighted by Crippen LogP contribution is -2.32. The standard InChI is InChI=1S/C16H31N/c1-3-17-16-7-5-4-6-15(12-16)14-10-8-13(2)9-11-14/h13-17H,3-12H2,1-2H3. The topological polar surface area (TPSA) is 12.0 Å². The normalized spacial score (nSPS) is 39.9. The van der Waals surface area contributed by atoms with Crippen LogP contribution in [0.2, 0.25) is 0 Å². The molecule has 0 aromatic rings. The zero-order chi connectivity index (χ0) is 12.1. The highest BCUT2D eigenvalue weighted by Gasteiger charge is 2.29. The molecule has 1 heteroatoms. The highest BCUT2D eigenvalue weighted by molar-refractivity contribution is 4.82. The van der Waals surface area contributed by atoms with Crippen molar-refractivity contribution >= 4 is 0 Å². The van der Waals surface area contributed by atoms with E-state index < -0.39 is 0 Å². The summed E-state index contributed by atoms with van der Waals surface area (Å²) < 4.78 is 0. The van der Waals surface area contributed by atoms with E-state index in [9.17, 15) is 0 Å². The van der Waals surface area contributed by atoms with Crippen LogP contribution in [-0.2, 0) is 0 Å². The molecule has 2 fully saturated rings. The third-order valence-corrected chi connectivity index (χ3v) is 5.18. The Morgan fingerprint density at radius 3 is 2.29 bits per heavy atom. The molecule has 0 amide bonds. The Labute approximate surface area is 108 Å². The molecule has 100 valence electrons. The van der Waals surface area contributed by atoms with Gasteiger partial charge in [-0.15, -0.1) is 0 Å². The van der Waals surface area contributed by atoms with Crippen molar-refractivity contribution in [1.29, 1.82) is 0 Å². The second-order valence-corrected chi connectivity index (χ2v) is 6.55. The van der Waals surface area contributed by atoms with Crippen LogP contribution in [0.5, 0.6) is 0 Å². The smallest absolute Gasteiger partial charge is 0.00696 e. The fourth-order valence-corrected chi connectivity index (χ4v) is 4.06. The van der Waals surface area contributed by atoms with Crippen molar-refractivity contribution in [3.8, 4) is 0 Å². The Bertz CT molecular complexity index is 206. The molecule has 2 unspecified atom stereocenters. The van der Waals surface area contributed by atoms with Crippen molar-refractivity contribution in [3.05, 3.63) is 0 Å². The lowest BCUT2D eigenvalue weighted by atomic mass is 9.73. The highest BCUT2D eigenvalue weighted by atomic mass is 14.9. The molecule has 0 spiro atoms. The Kier molecular flexibility index (Phi) is 5.34. The van der Waals surface area contributed by atoms with E-state index in [0.29, 0.717) is 0 Å². The Hall–Kier alpha value is -0.0400. The SMILES string of the molecule is CCNC1CCCCC(C2CCC(C)CC2)C1. The number of hydrogen-bond acceptors (Lipinski definition) is 1. The molecule has 17 heavy (non-hydrogen) atoms. The minimum atomic E-state index is 0.826. The van der Waals surface area contributed by atoms with Crippen molar-refractivity contribution in [3.63, 3.8) is 0 Å². The average molecular weight is 237 g/mol. The summed E-state index contributed by atoms with van der Waals surface area (Å²) in [5.41, 5.74) is 0. The maximum Gasteiger partial charge on any atom is 0.00696 e. The first kappa shape index (κ1) is 13.4. The van der Waals surface area contributed by atoms with Crippen molar-refractivity contribution in [1.82, 2.24) is 5.32 Å². The molecular weight excluding hydrogens is 206 g/mol. The van der Waals surface area contributed by atoms with Gasteiger partial charge in [0.25, 0.3) is 0 Å². The van der Waals surface area contributed by atoms with Crippen LogP contribution in [0.15, 0.2) is 0 Å². The second kappa shape index (κ2) is 6.78. The molecule has 2 aliphatic rings. The molecule has 0 heterocycles. The molecule has 0 saturated heterocycles. The van der Waals surface area contributed by atoms with Gasteiger partial charge in [0.1, 0.15) is 0 Å². The van der Waals surface area contributed by atoms with E-state index >= 15 is 0 Å². The zero-order valence-corrected chi connectivity index (χ0v) is 11.9. The largest absolute Gasteiger partial charge is 0.314 e. The lowest BCUT2D eigenvalue weighted by Gasteiger charge is -2.33. The molecule has 2 rings (SSSR count). The zero-order valence-electron chi connectivity index (χ0n) is 11.9. The molecule has 2 atom stereocenters. The first-order valence-corrected chi connectivity index (χ1v) is 8.03. The molecule has 0 aromatic heterocycles. The van der Waals surface area contributed by atoms with Gasteiger partial charge in [-0.3, -0.25) is 0 Å². The first-order valence-electron chi connectivity index (χ1n) is 8.03. The maximum absolute atomic E-state index is 3.70. The number of rotatable bonds is 3. The summed E-state index contributed by atoms with van der Waals surface area (Å²) in [6.07, 6.45) is 13.4. The van der Waals surface area contributed by atoms with Gasteiger partial charge in [-0.1, -0.05) is 46.0 Å². The van der Waals surface area contributed by atoms with E-state index in [1.54, 1.807) is 0 Å². The molecule has 0 bridgehead atoms. The van der Waals surface area contributed by atoms with Crippen LogP contribution < -0.4 is 5.32 Å². The van der Waals surface area contributed by atoms with Crippen LogP contribution in [0, 0.1) is 17.8 Å². The molecule has 1 nitrogen and oxygen atoms in total. The molecule has 1 N–H and O–H groups in total. The minimum Gasteiger partial charge on any atom is -0.314 e. The predicted octanol–water partition coefficient (Wildman–Crippen LogP) is 4.37. The first-order chi connectivity index (χ1) is 8.29. The van der Waals surface area contributed by atoms with E-state index in [2.05, 4.69) is 19.2 Å². The molecule has 2 saturated carbocycles. The maximum atomic E-state index is 3.70. The molecular formula is C16H31N. The van der Waals surface area contributed by atoms with Gasteiger partial charge < -0.3 is 5.32 Å². The summed E-state index contributed by atoms with van der Waals surface area (Å²) >= 11 is 0. The summed E-state index contributed by atoms with van der Waals surface area (Å²) in [5.74, 6) is 3.10. The number of nitrogens with one attached hydrogen (secondary N) is 1. The van der Waals surface area contributed by atoms with Gasteiger partial charge in [-0.2, -0.15) is 0 Å². The van der Waals surface area contributed by atoms with Gasteiger partial charge in [-0.25, -0.2) is 0 Å². The van der Waals surface area contributed by atoms with Gasteiger partial charge in [0.2, 0.25) is 0 Å². The summed E-state index contributed by atoms with van der Waals surface area (Å²) in [6.45, 7) is 5.84. The Balaban J connectivity index is 1.85. The van der Waals surface area contributed by atoms with E-state index in [0.717, 1.165) is 30.3 Å². The van der Waals surface area contributed by atoms with E-state index in [4.69, 9.17) is 0 Å². The van der Waals surface area contributed by atoms with Crippen LogP contribution in [-0.4, -0.2) is 12.6 Å². The Morgan fingerprint density at radius 1 is 0.882 bits per heavy atom. The van der Waals surface area contributed by atoms with Crippen molar-refractivity contribution in [2.24, 2.45) is 17.8 Å². The second-order valence-electron chi connectivity index (χ2n) is 6.55. The van der Waals surface area contributed by atoms with Gasteiger partial charge in [0.05, 0.1) is 0 Å². The summed E-state index contributed by atoms with van der Waals surface area (Å²) in [4.78, 5) is 0. The molecule has 0 aliphatic heterocycles. The van der Waals surface area contributed by atoms with Crippen LogP contribution in [0.3, 0.4) is 0 Å². The number of hydrogen-bond donors (Lipinski definition) is 1. The molecule has 0 radical (unpaired) electrons. The van der Waals surface area contributed by atoms with Gasteiger partial charge in [0, 0.05) is 6.04 Å². The van der Waals surface area contributed by atoms with Crippen LogP contribution in [0.25, 0.3) is 0 Å². The van der Waals surface area contributed by atoms with Crippen LogP contribution >= 0.6 is 0 Å². The average Bonchev–Trinajstić information content (AvgIpc) is 2.56. The van der Waals surface area contributed by atoms with Crippen molar-refractivity contribution in [2.75, 3.05) is 6.54 Å². The van der Waals surface area contributed by atoms with E-state index in [-0.39, 0.29) is 0 Å². The van der Waals surface area contributed by atoms with Crippen LogP contribution in [0.1, 0.15) is 71.6 Å². The molecule has 0 aromatic carbocycles. The summed E-state index contributed by atoms with van der Waals surface area (Å²) in [5, 5.41) is 3.70.